The van der Waals surface area contributed by atoms with Crippen LogP contribution in [0.1, 0.15) is 20.7 Å². The summed E-state index contributed by atoms with van der Waals surface area (Å²) in [5.41, 5.74) is -0.111. The van der Waals surface area contributed by atoms with Gasteiger partial charge in [0.2, 0.25) is 0 Å². The number of aromatic carboxylic acids is 1. The molecule has 10 nitrogen and oxygen atoms in total. The number of hydrogen-bond donors (Lipinski definition) is 1. The average molecular weight is 376 g/mol. The fourth-order valence-corrected chi connectivity index (χ4v) is 2.60. The van der Waals surface area contributed by atoms with Gasteiger partial charge < -0.3 is 9.84 Å². The van der Waals surface area contributed by atoms with E-state index in [9.17, 15) is 14.7 Å². The van der Waals surface area contributed by atoms with Crippen molar-refractivity contribution in [2.45, 2.75) is 0 Å². The highest BCUT2D eigenvalue weighted by Gasteiger charge is 2.23. The molecule has 4 heterocycles. The maximum absolute atomic E-state index is 12.8. The molecule has 0 saturated carbocycles. The van der Waals surface area contributed by atoms with E-state index < -0.39 is 11.9 Å². The number of carbonyl (C=O) groups is 2. The Balaban J connectivity index is 1.74. The summed E-state index contributed by atoms with van der Waals surface area (Å²) in [6.45, 7) is 0. The predicted octanol–water partition coefficient (Wildman–Crippen LogP) is 1.77. The summed E-state index contributed by atoms with van der Waals surface area (Å²) in [5, 5.41) is 9.64. The largest absolute Gasteiger partial charge is 0.477 e. The van der Waals surface area contributed by atoms with E-state index in [1.807, 2.05) is 0 Å². The third kappa shape index (κ3) is 3.09. The smallest absolute Gasteiger partial charge is 0.347 e. The molecule has 4 aromatic rings. The van der Waals surface area contributed by atoms with Crippen LogP contribution in [0.25, 0.3) is 11.6 Å². The van der Waals surface area contributed by atoms with Crippen LogP contribution in [0.4, 0.5) is 0 Å². The summed E-state index contributed by atoms with van der Waals surface area (Å²) in [6, 6.07) is 4.43. The van der Waals surface area contributed by atoms with E-state index in [1.54, 1.807) is 29.2 Å². The van der Waals surface area contributed by atoms with Crippen molar-refractivity contribution < 1.29 is 19.4 Å². The Kier molecular flexibility index (Phi) is 4.34. The highest BCUT2D eigenvalue weighted by atomic mass is 16.5. The molecule has 0 aliphatic rings. The van der Waals surface area contributed by atoms with Crippen molar-refractivity contribution in [3.05, 3.63) is 79.2 Å². The van der Waals surface area contributed by atoms with Crippen LogP contribution < -0.4 is 4.74 Å². The van der Waals surface area contributed by atoms with E-state index in [0.717, 1.165) is 0 Å². The first-order valence-electron chi connectivity index (χ1n) is 8.01. The number of ether oxygens (including phenoxy) is 1. The Morgan fingerprint density at radius 1 is 0.893 bits per heavy atom. The van der Waals surface area contributed by atoms with Crippen molar-refractivity contribution in [3.8, 4) is 17.4 Å². The first-order chi connectivity index (χ1) is 13.6. The average Bonchev–Trinajstić information content (AvgIpc) is 3.41. The van der Waals surface area contributed by atoms with Gasteiger partial charge in [-0.3, -0.25) is 9.13 Å². The molecular formula is C18H12N6O4. The number of pyridine rings is 2. The van der Waals surface area contributed by atoms with Gasteiger partial charge in [0, 0.05) is 43.2 Å². The van der Waals surface area contributed by atoms with E-state index in [-0.39, 0.29) is 22.7 Å². The first kappa shape index (κ1) is 17.1. The van der Waals surface area contributed by atoms with E-state index in [1.165, 1.54) is 47.9 Å². The molecule has 4 rings (SSSR count). The van der Waals surface area contributed by atoms with Crippen molar-refractivity contribution in [2.24, 2.45) is 0 Å². The molecule has 0 aromatic carbocycles. The van der Waals surface area contributed by atoms with Crippen molar-refractivity contribution in [1.82, 2.24) is 29.1 Å². The fraction of sp³-hybridized carbons (Fsp3) is 0. The summed E-state index contributed by atoms with van der Waals surface area (Å²) in [6.07, 6.45) is 12.0. The molecule has 0 aliphatic heterocycles. The fourth-order valence-electron chi connectivity index (χ4n) is 2.60. The maximum Gasteiger partial charge on any atom is 0.347 e. The minimum Gasteiger partial charge on any atom is -0.477 e. The van der Waals surface area contributed by atoms with E-state index in [0.29, 0.717) is 5.82 Å². The molecule has 0 unspecified atom stereocenters. The van der Waals surface area contributed by atoms with Crippen LogP contribution in [0.15, 0.2) is 68.0 Å². The van der Waals surface area contributed by atoms with Crippen LogP contribution in [0.5, 0.6) is 5.75 Å². The predicted molar refractivity (Wildman–Crippen MR) is 94.6 cm³/mol. The van der Waals surface area contributed by atoms with Gasteiger partial charge in [0.15, 0.2) is 17.4 Å². The molecule has 0 atom stereocenters. The lowest BCUT2D eigenvalue weighted by atomic mass is 10.2. The molecule has 0 bridgehead atoms. The van der Waals surface area contributed by atoms with Gasteiger partial charge in [0.25, 0.3) is 0 Å². The summed E-state index contributed by atoms with van der Waals surface area (Å²) in [5.74, 6) is -1.80. The van der Waals surface area contributed by atoms with Crippen molar-refractivity contribution >= 4 is 11.9 Å². The summed E-state index contributed by atoms with van der Waals surface area (Å²) in [7, 11) is 0. The zero-order chi connectivity index (χ0) is 19.5. The standard InChI is InChI=1S/C18H12N6O4/c25-17(26)14-13(3-5-22-16(14)24-9-7-20-11-24)28-18(27)12-2-1-4-21-15(12)23-8-6-19-10-23/h1-11H,(H,25,26). The van der Waals surface area contributed by atoms with Crippen LogP contribution in [0.3, 0.4) is 0 Å². The molecule has 0 amide bonds. The Hall–Kier alpha value is -4.34. The molecule has 0 fully saturated rings. The molecule has 28 heavy (non-hydrogen) atoms. The second-order valence-corrected chi connectivity index (χ2v) is 5.52. The minimum absolute atomic E-state index is 0.0799. The van der Waals surface area contributed by atoms with Gasteiger partial charge in [0.1, 0.15) is 23.8 Å². The Morgan fingerprint density at radius 3 is 2.21 bits per heavy atom. The third-order valence-corrected chi connectivity index (χ3v) is 3.81. The molecule has 0 aliphatic carbocycles. The van der Waals surface area contributed by atoms with Crippen LogP contribution in [0.2, 0.25) is 0 Å². The second-order valence-electron chi connectivity index (χ2n) is 5.52. The second kappa shape index (κ2) is 7.11. The minimum atomic E-state index is -1.29. The highest BCUT2D eigenvalue weighted by Crippen LogP contribution is 2.25. The number of imidazole rings is 2. The van der Waals surface area contributed by atoms with Gasteiger partial charge in [-0.15, -0.1) is 0 Å². The number of rotatable bonds is 5. The lowest BCUT2D eigenvalue weighted by Crippen LogP contribution is -2.16. The molecule has 10 heteroatoms. The Morgan fingerprint density at radius 2 is 1.57 bits per heavy atom. The van der Waals surface area contributed by atoms with Crippen LogP contribution in [-0.2, 0) is 0 Å². The summed E-state index contributed by atoms with van der Waals surface area (Å²) < 4.78 is 8.38. The zero-order valence-electron chi connectivity index (χ0n) is 14.2. The number of nitrogens with zero attached hydrogens (tertiary/aromatic N) is 6. The van der Waals surface area contributed by atoms with Gasteiger partial charge in [0.05, 0.1) is 0 Å². The number of hydrogen-bond acceptors (Lipinski definition) is 7. The van der Waals surface area contributed by atoms with Gasteiger partial charge in [-0.1, -0.05) is 0 Å². The molecule has 138 valence electrons. The number of aromatic nitrogens is 6. The number of esters is 1. The van der Waals surface area contributed by atoms with Gasteiger partial charge in [-0.25, -0.2) is 29.5 Å². The first-order valence-corrected chi connectivity index (χ1v) is 8.01. The monoisotopic (exact) mass is 376 g/mol. The highest BCUT2D eigenvalue weighted by molar-refractivity contribution is 5.98. The van der Waals surface area contributed by atoms with Crippen molar-refractivity contribution in [1.29, 1.82) is 0 Å². The quantitative estimate of drug-likeness (QED) is 0.522. The summed E-state index contributed by atoms with van der Waals surface area (Å²) in [4.78, 5) is 40.7. The molecule has 0 saturated heterocycles. The number of carboxylic acids is 1. The third-order valence-electron chi connectivity index (χ3n) is 3.81. The molecule has 0 spiro atoms. The van der Waals surface area contributed by atoms with E-state index in [2.05, 4.69) is 19.9 Å². The van der Waals surface area contributed by atoms with Gasteiger partial charge in [-0.05, 0) is 12.1 Å². The lowest BCUT2D eigenvalue weighted by molar-refractivity contribution is 0.0681. The van der Waals surface area contributed by atoms with Gasteiger partial charge >= 0.3 is 11.9 Å². The molecule has 0 radical (unpaired) electrons. The number of carboxylic acid groups (broad SMARTS) is 1. The topological polar surface area (TPSA) is 125 Å². The van der Waals surface area contributed by atoms with Gasteiger partial charge in [-0.2, -0.15) is 0 Å². The van der Waals surface area contributed by atoms with Crippen molar-refractivity contribution in [3.63, 3.8) is 0 Å². The van der Waals surface area contributed by atoms with Crippen LogP contribution in [-0.4, -0.2) is 46.1 Å². The normalized spacial score (nSPS) is 10.6. The SMILES string of the molecule is O=C(Oc1ccnc(-n2ccnc2)c1C(=O)O)c1cccnc1-n1ccnc1. The molecular weight excluding hydrogens is 364 g/mol. The molecule has 1 N–H and O–H groups in total. The van der Waals surface area contributed by atoms with E-state index >= 15 is 0 Å². The maximum atomic E-state index is 12.8. The lowest BCUT2D eigenvalue weighted by Gasteiger charge is -2.12. The Labute approximate surface area is 157 Å². The Bertz CT molecular complexity index is 1140. The molecule has 4 aromatic heterocycles. The van der Waals surface area contributed by atoms with Crippen LogP contribution in [0, 0.1) is 0 Å². The van der Waals surface area contributed by atoms with E-state index in [4.69, 9.17) is 4.74 Å². The summed E-state index contributed by atoms with van der Waals surface area (Å²) >= 11 is 0. The van der Waals surface area contributed by atoms with Crippen LogP contribution >= 0.6 is 0 Å². The number of carbonyl (C=O) groups excluding carboxylic acids is 1. The zero-order valence-corrected chi connectivity index (χ0v) is 14.2. The van der Waals surface area contributed by atoms with Crippen molar-refractivity contribution in [2.75, 3.05) is 0 Å².